The lowest BCUT2D eigenvalue weighted by atomic mass is 9.93. The Morgan fingerprint density at radius 1 is 0.744 bits per heavy atom. The van der Waals surface area contributed by atoms with Crippen molar-refractivity contribution in [1.82, 2.24) is 5.32 Å². The fourth-order valence-corrected chi connectivity index (χ4v) is 4.45. The second-order valence-electron chi connectivity index (χ2n) is 8.50. The van der Waals surface area contributed by atoms with Crippen LogP contribution in [0, 0.1) is 0 Å². The highest BCUT2D eigenvalue weighted by atomic mass is 32.1. The third kappa shape index (κ3) is 5.44. The molecule has 1 fully saturated rings. The summed E-state index contributed by atoms with van der Waals surface area (Å²) in [5.74, 6) is -0.293. The normalized spacial score (nSPS) is 14.9. The quantitative estimate of drug-likeness (QED) is 0.167. The van der Waals surface area contributed by atoms with E-state index >= 15 is 0 Å². The molecule has 0 saturated carbocycles. The van der Waals surface area contributed by atoms with Gasteiger partial charge in [-0.2, -0.15) is 13.2 Å². The molecule has 0 radical (unpaired) electrons. The van der Waals surface area contributed by atoms with E-state index < -0.39 is 23.6 Å². The summed E-state index contributed by atoms with van der Waals surface area (Å²) in [6.45, 7) is 0. The number of rotatable bonds is 5. The second kappa shape index (κ2) is 10.5. The van der Waals surface area contributed by atoms with Crippen LogP contribution in [-0.4, -0.2) is 16.9 Å². The van der Waals surface area contributed by atoms with Gasteiger partial charge >= 0.3 is 6.18 Å². The number of hydrogen-bond donors (Lipinski definition) is 1. The number of nitrogens with zero attached hydrogens (tertiary/aromatic N) is 1. The first-order chi connectivity index (χ1) is 18.7. The summed E-state index contributed by atoms with van der Waals surface area (Å²) < 4.78 is 46.9. The first kappa shape index (κ1) is 25.9. The van der Waals surface area contributed by atoms with E-state index in [2.05, 4.69) is 5.32 Å². The third-order valence-corrected chi connectivity index (χ3v) is 6.24. The highest BCUT2D eigenvalue weighted by molar-refractivity contribution is 7.80. The number of anilines is 1. The van der Waals surface area contributed by atoms with Crippen molar-refractivity contribution in [2.24, 2.45) is 0 Å². The Hall–Kier alpha value is -4.76. The van der Waals surface area contributed by atoms with Crippen molar-refractivity contribution in [1.29, 1.82) is 0 Å². The molecule has 4 aromatic rings. The number of thiocarbonyl (C=S) groups is 1. The zero-order chi connectivity index (χ0) is 27.6. The Balaban J connectivity index is 1.49. The van der Waals surface area contributed by atoms with Gasteiger partial charge in [0.05, 0.1) is 11.3 Å². The van der Waals surface area contributed by atoms with Crippen LogP contribution in [0.4, 0.5) is 18.9 Å². The van der Waals surface area contributed by atoms with Crippen LogP contribution in [-0.2, 0) is 15.8 Å². The van der Waals surface area contributed by atoms with Crippen molar-refractivity contribution >= 4 is 40.9 Å². The van der Waals surface area contributed by atoms with E-state index in [4.69, 9.17) is 17.0 Å². The topological polar surface area (TPSA) is 58.6 Å². The SMILES string of the molecule is O=C1NC(=S)N(c2ccc(Oc3ccccc3)cc2)C(=O)/C1=C\c1ccccc1-c1ccccc1C(F)(F)F. The Morgan fingerprint density at radius 2 is 1.33 bits per heavy atom. The van der Waals surface area contributed by atoms with Crippen molar-refractivity contribution in [2.45, 2.75) is 6.18 Å². The van der Waals surface area contributed by atoms with Gasteiger partial charge in [-0.3, -0.25) is 19.8 Å². The number of carbonyl (C=O) groups is 2. The molecule has 0 bridgehead atoms. The lowest BCUT2D eigenvalue weighted by Gasteiger charge is -2.29. The van der Waals surface area contributed by atoms with Crippen LogP contribution in [0.3, 0.4) is 0 Å². The molecular formula is C30H19F3N2O3S. The number of halogens is 3. The van der Waals surface area contributed by atoms with Crippen LogP contribution in [0.2, 0.25) is 0 Å². The van der Waals surface area contributed by atoms with Crippen molar-refractivity contribution in [2.75, 3.05) is 4.90 Å². The number of para-hydroxylation sites is 1. The van der Waals surface area contributed by atoms with Gasteiger partial charge in [0.2, 0.25) is 0 Å². The summed E-state index contributed by atoms with van der Waals surface area (Å²) >= 11 is 5.27. The molecule has 1 aliphatic heterocycles. The fourth-order valence-electron chi connectivity index (χ4n) is 4.17. The minimum absolute atomic E-state index is 0.0671. The van der Waals surface area contributed by atoms with Crippen molar-refractivity contribution < 1.29 is 27.5 Å². The van der Waals surface area contributed by atoms with E-state index in [9.17, 15) is 22.8 Å². The lowest BCUT2D eigenvalue weighted by Crippen LogP contribution is -2.54. The molecular weight excluding hydrogens is 525 g/mol. The van der Waals surface area contributed by atoms with Gasteiger partial charge in [0, 0.05) is 0 Å². The van der Waals surface area contributed by atoms with E-state index in [-0.39, 0.29) is 27.4 Å². The van der Waals surface area contributed by atoms with Gasteiger partial charge in [0.15, 0.2) is 5.11 Å². The Labute approximate surface area is 227 Å². The van der Waals surface area contributed by atoms with E-state index in [0.717, 1.165) is 11.0 Å². The molecule has 9 heteroatoms. The number of nitrogens with one attached hydrogen (secondary N) is 1. The number of amides is 2. The molecule has 5 nitrogen and oxygen atoms in total. The summed E-state index contributed by atoms with van der Waals surface area (Å²) in [7, 11) is 0. The first-order valence-electron chi connectivity index (χ1n) is 11.7. The number of ether oxygens (including phenoxy) is 1. The van der Waals surface area contributed by atoms with Crippen LogP contribution in [0.15, 0.2) is 109 Å². The highest BCUT2D eigenvalue weighted by Crippen LogP contribution is 2.38. The van der Waals surface area contributed by atoms with Gasteiger partial charge < -0.3 is 4.74 Å². The molecule has 0 aliphatic carbocycles. The minimum Gasteiger partial charge on any atom is -0.457 e. The number of carbonyl (C=O) groups excluding carboxylic acids is 2. The molecule has 1 N–H and O–H groups in total. The molecule has 2 amide bonds. The molecule has 39 heavy (non-hydrogen) atoms. The van der Waals surface area contributed by atoms with Crippen LogP contribution in [0.5, 0.6) is 11.5 Å². The molecule has 1 aliphatic rings. The smallest absolute Gasteiger partial charge is 0.417 e. The zero-order valence-electron chi connectivity index (χ0n) is 20.1. The third-order valence-electron chi connectivity index (χ3n) is 5.96. The maximum Gasteiger partial charge on any atom is 0.417 e. The van der Waals surface area contributed by atoms with E-state index in [1.54, 1.807) is 54.6 Å². The maximum atomic E-state index is 13.7. The summed E-state index contributed by atoms with van der Waals surface area (Å²) in [6, 6.07) is 27.1. The van der Waals surface area contributed by atoms with Crippen LogP contribution >= 0.6 is 12.2 Å². The van der Waals surface area contributed by atoms with Crippen molar-refractivity contribution in [3.63, 3.8) is 0 Å². The van der Waals surface area contributed by atoms with Gasteiger partial charge in [-0.1, -0.05) is 60.7 Å². The van der Waals surface area contributed by atoms with Gasteiger partial charge in [0.1, 0.15) is 17.1 Å². The zero-order valence-corrected chi connectivity index (χ0v) is 20.9. The van der Waals surface area contributed by atoms with Crippen LogP contribution in [0.1, 0.15) is 11.1 Å². The summed E-state index contributed by atoms with van der Waals surface area (Å²) in [5, 5.41) is 2.38. The summed E-state index contributed by atoms with van der Waals surface area (Å²) in [6.07, 6.45) is -3.31. The number of alkyl halides is 3. The minimum atomic E-state index is -4.59. The molecule has 4 aromatic carbocycles. The van der Waals surface area contributed by atoms with E-state index in [0.29, 0.717) is 17.2 Å². The Morgan fingerprint density at radius 3 is 2.03 bits per heavy atom. The van der Waals surface area contributed by atoms with E-state index in [1.165, 1.54) is 30.3 Å². The Bertz CT molecular complexity index is 1600. The maximum absolute atomic E-state index is 13.7. The predicted octanol–water partition coefficient (Wildman–Crippen LogP) is 7.00. The summed E-state index contributed by atoms with van der Waals surface area (Å²) in [4.78, 5) is 27.5. The molecule has 5 rings (SSSR count). The van der Waals surface area contributed by atoms with Gasteiger partial charge in [0.25, 0.3) is 11.8 Å². The first-order valence-corrected chi connectivity index (χ1v) is 12.1. The molecule has 0 spiro atoms. The van der Waals surface area contributed by atoms with Gasteiger partial charge in [-0.25, -0.2) is 0 Å². The monoisotopic (exact) mass is 544 g/mol. The summed E-state index contributed by atoms with van der Waals surface area (Å²) in [5.41, 5.74) is -0.289. The van der Waals surface area contributed by atoms with Gasteiger partial charge in [-0.05, 0) is 77.4 Å². The Kier molecular flexibility index (Phi) is 7.00. The van der Waals surface area contributed by atoms with E-state index in [1.807, 2.05) is 18.2 Å². The number of benzene rings is 4. The molecule has 1 heterocycles. The molecule has 0 aromatic heterocycles. The average Bonchev–Trinajstić information content (AvgIpc) is 2.92. The molecule has 1 saturated heterocycles. The fraction of sp³-hybridized carbons (Fsp3) is 0.0333. The average molecular weight is 545 g/mol. The predicted molar refractivity (Wildman–Crippen MR) is 146 cm³/mol. The second-order valence-corrected chi connectivity index (χ2v) is 8.88. The van der Waals surface area contributed by atoms with Crippen LogP contribution < -0.4 is 15.0 Å². The largest absolute Gasteiger partial charge is 0.457 e. The van der Waals surface area contributed by atoms with Gasteiger partial charge in [-0.15, -0.1) is 0 Å². The molecule has 0 unspecified atom stereocenters. The lowest BCUT2D eigenvalue weighted by molar-refractivity contribution is -0.137. The standard InChI is InChI=1S/C30H19F3N2O3S/c31-30(32,33)26-13-7-6-12-24(26)23-11-5-4-8-19(23)18-25-27(36)34-29(39)35(28(25)37)20-14-16-22(17-15-20)38-21-9-2-1-3-10-21/h1-18H,(H,34,36,39)/b25-18-. The molecule has 0 atom stereocenters. The highest BCUT2D eigenvalue weighted by Gasteiger charge is 2.36. The van der Waals surface area contributed by atoms with Crippen molar-refractivity contribution in [3.05, 3.63) is 120 Å². The van der Waals surface area contributed by atoms with Crippen LogP contribution in [0.25, 0.3) is 17.2 Å². The molecule has 194 valence electrons. The number of hydrogen-bond acceptors (Lipinski definition) is 4. The van der Waals surface area contributed by atoms with Crippen molar-refractivity contribution in [3.8, 4) is 22.6 Å².